The molecule has 1 N–H and O–H groups in total. The van der Waals surface area contributed by atoms with Gasteiger partial charge in [0.25, 0.3) is 0 Å². The van der Waals surface area contributed by atoms with Crippen LogP contribution in [-0.4, -0.2) is 45.3 Å². The lowest BCUT2D eigenvalue weighted by Crippen LogP contribution is -2.25. The van der Waals surface area contributed by atoms with E-state index in [4.69, 9.17) is 4.98 Å². The van der Waals surface area contributed by atoms with Crippen LogP contribution in [-0.2, 0) is 7.05 Å². The smallest absolute Gasteiger partial charge is 0.160 e. The van der Waals surface area contributed by atoms with E-state index in [2.05, 4.69) is 61.2 Å². The predicted molar refractivity (Wildman–Crippen MR) is 118 cm³/mol. The molecule has 0 bridgehead atoms. The zero-order valence-corrected chi connectivity index (χ0v) is 17.9. The summed E-state index contributed by atoms with van der Waals surface area (Å²) in [5, 5.41) is 10.7. The molecular formula is C21H32ClN5. The number of para-hydroxylation sites is 1. The van der Waals surface area contributed by atoms with E-state index in [1.807, 2.05) is 17.8 Å². The van der Waals surface area contributed by atoms with E-state index in [9.17, 15) is 0 Å². The second-order valence-corrected chi connectivity index (χ2v) is 7.13. The number of rotatable bonds is 8. The van der Waals surface area contributed by atoms with Crippen LogP contribution in [0, 0.1) is 6.92 Å². The van der Waals surface area contributed by atoms with Crippen LogP contribution in [0.2, 0.25) is 0 Å². The van der Waals surface area contributed by atoms with Gasteiger partial charge in [0.15, 0.2) is 5.65 Å². The minimum absolute atomic E-state index is 0. The molecule has 5 nitrogen and oxygen atoms in total. The Kier molecular flexibility index (Phi) is 7.45. The van der Waals surface area contributed by atoms with Gasteiger partial charge < -0.3 is 10.2 Å². The molecule has 0 saturated heterocycles. The lowest BCUT2D eigenvalue weighted by Gasteiger charge is -2.21. The first-order chi connectivity index (χ1) is 12.5. The number of halogens is 1. The molecule has 0 amide bonds. The van der Waals surface area contributed by atoms with Gasteiger partial charge in [0.05, 0.1) is 22.3 Å². The Morgan fingerprint density at radius 2 is 1.89 bits per heavy atom. The van der Waals surface area contributed by atoms with Gasteiger partial charge in [0, 0.05) is 18.5 Å². The third-order valence-electron chi connectivity index (χ3n) is 5.24. The number of hydrogen-bond acceptors (Lipinski definition) is 4. The van der Waals surface area contributed by atoms with E-state index in [-0.39, 0.29) is 12.4 Å². The van der Waals surface area contributed by atoms with Crippen molar-refractivity contribution in [3.8, 4) is 0 Å². The van der Waals surface area contributed by atoms with Crippen LogP contribution in [0.1, 0.15) is 39.3 Å². The molecule has 1 aromatic carbocycles. The van der Waals surface area contributed by atoms with Crippen molar-refractivity contribution in [2.24, 2.45) is 7.05 Å². The fourth-order valence-corrected chi connectivity index (χ4v) is 3.73. The van der Waals surface area contributed by atoms with E-state index in [0.29, 0.717) is 6.04 Å². The third-order valence-corrected chi connectivity index (χ3v) is 5.24. The number of fused-ring (bicyclic) bond motifs is 2. The Morgan fingerprint density at radius 1 is 1.19 bits per heavy atom. The minimum Gasteiger partial charge on any atom is -0.381 e. The molecule has 0 saturated carbocycles. The molecule has 6 heteroatoms. The Bertz CT molecular complexity index is 885. The average molecular weight is 390 g/mol. The topological polar surface area (TPSA) is 46.0 Å². The number of anilines is 1. The summed E-state index contributed by atoms with van der Waals surface area (Å²) in [6.07, 6.45) is 2.35. The molecular weight excluding hydrogens is 358 g/mol. The van der Waals surface area contributed by atoms with Gasteiger partial charge in [0.2, 0.25) is 0 Å². The van der Waals surface area contributed by atoms with E-state index < -0.39 is 0 Å². The molecule has 27 heavy (non-hydrogen) atoms. The normalized spacial score (nSPS) is 12.5. The largest absolute Gasteiger partial charge is 0.381 e. The quantitative estimate of drug-likeness (QED) is 0.602. The summed E-state index contributed by atoms with van der Waals surface area (Å²) in [7, 11) is 1.97. The zero-order valence-electron chi connectivity index (χ0n) is 17.1. The number of aromatic nitrogens is 3. The summed E-state index contributed by atoms with van der Waals surface area (Å²) in [6, 6.07) is 8.76. The number of benzene rings is 1. The Balaban J connectivity index is 0.00000261. The van der Waals surface area contributed by atoms with Gasteiger partial charge in [-0.25, -0.2) is 4.98 Å². The van der Waals surface area contributed by atoms with Gasteiger partial charge in [-0.1, -0.05) is 32.0 Å². The zero-order chi connectivity index (χ0) is 18.7. The molecule has 0 aliphatic carbocycles. The summed E-state index contributed by atoms with van der Waals surface area (Å²) in [6.45, 7) is 12.2. The third kappa shape index (κ3) is 4.53. The maximum atomic E-state index is 4.83. The second kappa shape index (κ2) is 9.38. The van der Waals surface area contributed by atoms with Crippen molar-refractivity contribution in [2.45, 2.75) is 46.6 Å². The van der Waals surface area contributed by atoms with Crippen molar-refractivity contribution in [1.82, 2.24) is 19.7 Å². The molecule has 0 fully saturated rings. The van der Waals surface area contributed by atoms with Crippen LogP contribution in [0.5, 0.6) is 0 Å². The monoisotopic (exact) mass is 389 g/mol. The van der Waals surface area contributed by atoms with E-state index >= 15 is 0 Å². The van der Waals surface area contributed by atoms with E-state index in [1.54, 1.807) is 0 Å². The predicted octanol–water partition coefficient (Wildman–Crippen LogP) is 4.77. The molecule has 148 valence electrons. The first kappa shape index (κ1) is 21.5. The van der Waals surface area contributed by atoms with Gasteiger partial charge in [0.1, 0.15) is 0 Å². The summed E-state index contributed by atoms with van der Waals surface area (Å²) in [4.78, 5) is 7.31. The molecule has 0 spiro atoms. The molecule has 0 radical (unpaired) electrons. The highest BCUT2D eigenvalue weighted by Gasteiger charge is 2.17. The van der Waals surface area contributed by atoms with Gasteiger partial charge in [-0.3, -0.25) is 4.68 Å². The molecule has 2 heterocycles. The van der Waals surface area contributed by atoms with Crippen molar-refractivity contribution < 1.29 is 0 Å². The molecule has 3 aromatic rings. The molecule has 1 unspecified atom stereocenters. The van der Waals surface area contributed by atoms with Gasteiger partial charge in [-0.2, -0.15) is 5.10 Å². The fraction of sp³-hybridized carbons (Fsp3) is 0.524. The molecule has 0 aliphatic rings. The first-order valence-corrected chi connectivity index (χ1v) is 9.76. The van der Waals surface area contributed by atoms with Crippen LogP contribution in [0.3, 0.4) is 0 Å². The average Bonchev–Trinajstić information content (AvgIpc) is 2.92. The summed E-state index contributed by atoms with van der Waals surface area (Å²) in [5.41, 5.74) is 4.16. The van der Waals surface area contributed by atoms with Crippen LogP contribution in [0.25, 0.3) is 21.9 Å². The highest BCUT2D eigenvalue weighted by molar-refractivity contribution is 6.07. The molecule has 1 atom stereocenters. The van der Waals surface area contributed by atoms with Crippen molar-refractivity contribution in [2.75, 3.05) is 25.0 Å². The van der Waals surface area contributed by atoms with Crippen molar-refractivity contribution in [1.29, 1.82) is 0 Å². The number of aryl methyl sites for hydroxylation is 2. The SMILES string of the molecule is CCN(CC)CCCC(C)Nc1c2ccccc2nc2c1c(C)nn2C.Cl. The second-order valence-electron chi connectivity index (χ2n) is 7.13. The lowest BCUT2D eigenvalue weighted by atomic mass is 10.1. The highest BCUT2D eigenvalue weighted by Crippen LogP contribution is 2.33. The maximum absolute atomic E-state index is 4.83. The number of hydrogen-bond donors (Lipinski definition) is 1. The van der Waals surface area contributed by atoms with Crippen LogP contribution < -0.4 is 5.32 Å². The summed E-state index contributed by atoms with van der Waals surface area (Å²) >= 11 is 0. The standard InChI is InChI=1S/C21H31N5.ClH/c1-6-26(7-2)14-10-11-15(3)22-20-17-12-8-9-13-18(17)23-21-19(20)16(4)24-25(21)5;/h8-9,12-13,15H,6-7,10-11,14H2,1-5H3,(H,22,23);1H. The first-order valence-electron chi connectivity index (χ1n) is 9.76. The van der Waals surface area contributed by atoms with E-state index in [0.717, 1.165) is 48.3 Å². The van der Waals surface area contributed by atoms with Crippen molar-refractivity contribution in [3.05, 3.63) is 30.0 Å². The Labute approximate surface area is 168 Å². The molecule has 3 rings (SSSR count). The van der Waals surface area contributed by atoms with Crippen molar-refractivity contribution >= 4 is 40.0 Å². The van der Waals surface area contributed by atoms with Gasteiger partial charge >= 0.3 is 0 Å². The fourth-order valence-electron chi connectivity index (χ4n) is 3.73. The van der Waals surface area contributed by atoms with Gasteiger partial charge in [-0.05, 0) is 52.4 Å². The van der Waals surface area contributed by atoms with Crippen LogP contribution in [0.15, 0.2) is 24.3 Å². The minimum atomic E-state index is 0. The highest BCUT2D eigenvalue weighted by atomic mass is 35.5. The Hall–Kier alpha value is -1.85. The maximum Gasteiger partial charge on any atom is 0.160 e. The summed E-state index contributed by atoms with van der Waals surface area (Å²) < 4.78 is 1.88. The number of pyridine rings is 1. The van der Waals surface area contributed by atoms with Crippen LogP contribution >= 0.6 is 12.4 Å². The molecule has 0 aliphatic heterocycles. The summed E-state index contributed by atoms with van der Waals surface area (Å²) in [5.74, 6) is 0. The number of nitrogens with zero attached hydrogens (tertiary/aromatic N) is 4. The lowest BCUT2D eigenvalue weighted by molar-refractivity contribution is 0.295. The Morgan fingerprint density at radius 3 is 2.59 bits per heavy atom. The van der Waals surface area contributed by atoms with E-state index in [1.165, 1.54) is 17.5 Å². The number of nitrogens with one attached hydrogen (secondary N) is 1. The van der Waals surface area contributed by atoms with Gasteiger partial charge in [-0.15, -0.1) is 12.4 Å². The molecule has 2 aromatic heterocycles. The van der Waals surface area contributed by atoms with Crippen LogP contribution in [0.4, 0.5) is 5.69 Å². The van der Waals surface area contributed by atoms with Crippen molar-refractivity contribution in [3.63, 3.8) is 0 Å².